The minimum Gasteiger partial charge on any atom is -0.307 e. The van der Waals surface area contributed by atoms with Gasteiger partial charge in [0.05, 0.1) is 0 Å². The molecule has 19 heavy (non-hydrogen) atoms. The lowest BCUT2D eigenvalue weighted by Gasteiger charge is -2.05. The maximum atomic E-state index is 11.8. The fourth-order valence-corrected chi connectivity index (χ4v) is 2.01. The van der Waals surface area contributed by atoms with Crippen LogP contribution in [0.2, 0.25) is 0 Å². The third kappa shape index (κ3) is 4.03. The number of anilines is 1. The Morgan fingerprint density at radius 1 is 1.32 bits per heavy atom. The molecule has 2 aromatic rings. The summed E-state index contributed by atoms with van der Waals surface area (Å²) in [7, 11) is 0. The number of nitrogens with zero attached hydrogens (tertiary/aromatic N) is 1. The number of carbonyl (C=O) groups is 1. The summed E-state index contributed by atoms with van der Waals surface area (Å²) in [6.45, 7) is 1.90. The normalized spacial score (nSPS) is 10.6. The predicted molar refractivity (Wildman–Crippen MR) is 80.8 cm³/mol. The Balaban J connectivity index is 2.04. The first-order valence-corrected chi connectivity index (χ1v) is 6.61. The summed E-state index contributed by atoms with van der Waals surface area (Å²) in [6.07, 6.45) is 4.92. The number of nitrogens with one attached hydrogen (secondary N) is 1. The Morgan fingerprint density at radius 2 is 2.05 bits per heavy atom. The quantitative estimate of drug-likeness (QED) is 0.875. The summed E-state index contributed by atoms with van der Waals surface area (Å²) < 4.78 is 0.892. The van der Waals surface area contributed by atoms with E-state index in [1.165, 1.54) is 6.08 Å². The summed E-state index contributed by atoms with van der Waals surface area (Å²) in [5.74, 6) is 0.382. The van der Waals surface area contributed by atoms with Crippen LogP contribution in [-0.4, -0.2) is 10.9 Å². The van der Waals surface area contributed by atoms with Crippen molar-refractivity contribution in [3.63, 3.8) is 0 Å². The van der Waals surface area contributed by atoms with E-state index in [0.717, 1.165) is 15.6 Å². The summed E-state index contributed by atoms with van der Waals surface area (Å²) in [4.78, 5) is 15.9. The molecule has 0 aliphatic carbocycles. The van der Waals surface area contributed by atoms with Gasteiger partial charge in [-0.1, -0.05) is 30.3 Å². The van der Waals surface area contributed by atoms with E-state index in [-0.39, 0.29) is 5.91 Å². The first-order chi connectivity index (χ1) is 9.15. The highest BCUT2D eigenvalue weighted by Crippen LogP contribution is 2.16. The summed E-state index contributed by atoms with van der Waals surface area (Å²) in [5, 5.41) is 2.75. The van der Waals surface area contributed by atoms with Crippen molar-refractivity contribution in [2.24, 2.45) is 0 Å². The lowest BCUT2D eigenvalue weighted by Crippen LogP contribution is -2.10. The van der Waals surface area contributed by atoms with Crippen molar-refractivity contribution in [2.75, 3.05) is 5.32 Å². The molecule has 0 atom stereocenters. The predicted octanol–water partition coefficient (Wildman–Crippen LogP) is 3.80. The van der Waals surface area contributed by atoms with Gasteiger partial charge in [-0.3, -0.25) is 4.79 Å². The lowest BCUT2D eigenvalue weighted by molar-refractivity contribution is -0.111. The summed E-state index contributed by atoms with van der Waals surface area (Å²) in [5.41, 5.74) is 1.90. The standard InChI is InChI=1S/C15H13BrN2O/c1-11-9-13(16)10-17-15(11)18-14(19)8-7-12-5-3-2-4-6-12/h2-10H,1H3,(H,17,18,19)/b8-7+. The number of aromatic nitrogens is 1. The molecule has 1 aromatic heterocycles. The van der Waals surface area contributed by atoms with Gasteiger partial charge in [-0.15, -0.1) is 0 Å². The summed E-state index contributed by atoms with van der Waals surface area (Å²) in [6, 6.07) is 11.6. The zero-order valence-corrected chi connectivity index (χ0v) is 12.0. The first-order valence-electron chi connectivity index (χ1n) is 5.81. The summed E-state index contributed by atoms with van der Waals surface area (Å²) >= 11 is 3.33. The molecule has 1 heterocycles. The highest BCUT2D eigenvalue weighted by Gasteiger charge is 2.03. The molecule has 0 aliphatic rings. The second-order valence-electron chi connectivity index (χ2n) is 4.05. The van der Waals surface area contributed by atoms with Crippen LogP contribution in [0, 0.1) is 6.92 Å². The molecule has 0 radical (unpaired) electrons. The molecule has 0 spiro atoms. The minimum atomic E-state index is -0.193. The monoisotopic (exact) mass is 316 g/mol. The van der Waals surface area contributed by atoms with E-state index in [4.69, 9.17) is 0 Å². The Bertz CT molecular complexity index is 609. The maximum Gasteiger partial charge on any atom is 0.249 e. The molecule has 1 N–H and O–H groups in total. The lowest BCUT2D eigenvalue weighted by atomic mass is 10.2. The number of aryl methyl sites for hydroxylation is 1. The Hall–Kier alpha value is -1.94. The number of hydrogen-bond acceptors (Lipinski definition) is 2. The zero-order valence-electron chi connectivity index (χ0n) is 10.4. The van der Waals surface area contributed by atoms with Gasteiger partial charge in [0.2, 0.25) is 5.91 Å². The molecule has 0 unspecified atom stereocenters. The highest BCUT2D eigenvalue weighted by molar-refractivity contribution is 9.10. The smallest absolute Gasteiger partial charge is 0.249 e. The van der Waals surface area contributed by atoms with Crippen molar-refractivity contribution in [1.29, 1.82) is 0 Å². The first kappa shape index (κ1) is 13.5. The van der Waals surface area contributed by atoms with E-state index < -0.39 is 0 Å². The third-order valence-electron chi connectivity index (χ3n) is 2.51. The topological polar surface area (TPSA) is 42.0 Å². The number of rotatable bonds is 3. The fourth-order valence-electron chi connectivity index (χ4n) is 1.57. The Labute approximate surface area is 120 Å². The van der Waals surface area contributed by atoms with E-state index in [1.807, 2.05) is 43.3 Å². The largest absolute Gasteiger partial charge is 0.307 e. The average Bonchev–Trinajstić information content (AvgIpc) is 2.41. The van der Waals surface area contributed by atoms with Crippen LogP contribution in [0.3, 0.4) is 0 Å². The van der Waals surface area contributed by atoms with Crippen LogP contribution in [0.1, 0.15) is 11.1 Å². The van der Waals surface area contributed by atoms with Gasteiger partial charge in [0.1, 0.15) is 5.82 Å². The van der Waals surface area contributed by atoms with Crippen molar-refractivity contribution in [2.45, 2.75) is 6.92 Å². The van der Waals surface area contributed by atoms with Crippen LogP contribution in [0.4, 0.5) is 5.82 Å². The minimum absolute atomic E-state index is 0.193. The number of hydrogen-bond donors (Lipinski definition) is 1. The molecule has 0 saturated heterocycles. The molecule has 0 bridgehead atoms. The van der Waals surface area contributed by atoms with Gasteiger partial charge in [0, 0.05) is 16.7 Å². The van der Waals surface area contributed by atoms with E-state index in [0.29, 0.717) is 5.82 Å². The zero-order chi connectivity index (χ0) is 13.7. The van der Waals surface area contributed by atoms with Crippen molar-refractivity contribution in [3.8, 4) is 0 Å². The number of pyridine rings is 1. The van der Waals surface area contributed by atoms with Crippen molar-refractivity contribution in [3.05, 3.63) is 64.3 Å². The van der Waals surface area contributed by atoms with Crippen LogP contribution >= 0.6 is 15.9 Å². The van der Waals surface area contributed by atoms with Crippen LogP contribution in [0.5, 0.6) is 0 Å². The second-order valence-corrected chi connectivity index (χ2v) is 4.97. The average molecular weight is 317 g/mol. The molecule has 96 valence electrons. The molecule has 3 nitrogen and oxygen atoms in total. The molecular weight excluding hydrogens is 304 g/mol. The van der Waals surface area contributed by atoms with Crippen LogP contribution < -0.4 is 5.32 Å². The second kappa shape index (κ2) is 6.29. The van der Waals surface area contributed by atoms with Crippen molar-refractivity contribution in [1.82, 2.24) is 4.98 Å². The third-order valence-corrected chi connectivity index (χ3v) is 2.95. The van der Waals surface area contributed by atoms with Gasteiger partial charge in [-0.2, -0.15) is 0 Å². The SMILES string of the molecule is Cc1cc(Br)cnc1NC(=O)/C=C/c1ccccc1. The number of amides is 1. The maximum absolute atomic E-state index is 11.8. The number of halogens is 1. The van der Waals surface area contributed by atoms with Gasteiger partial charge in [-0.05, 0) is 46.1 Å². The van der Waals surface area contributed by atoms with E-state index in [2.05, 4.69) is 26.2 Å². The van der Waals surface area contributed by atoms with Gasteiger partial charge in [0.25, 0.3) is 0 Å². The molecular formula is C15H13BrN2O. The Kier molecular flexibility index (Phi) is 4.47. The van der Waals surface area contributed by atoms with Crippen LogP contribution in [0.25, 0.3) is 6.08 Å². The molecule has 1 amide bonds. The van der Waals surface area contributed by atoms with Gasteiger partial charge >= 0.3 is 0 Å². The van der Waals surface area contributed by atoms with E-state index in [1.54, 1.807) is 12.3 Å². The highest BCUT2D eigenvalue weighted by atomic mass is 79.9. The van der Waals surface area contributed by atoms with Crippen LogP contribution in [-0.2, 0) is 4.79 Å². The van der Waals surface area contributed by atoms with E-state index >= 15 is 0 Å². The molecule has 4 heteroatoms. The van der Waals surface area contributed by atoms with Gasteiger partial charge in [-0.25, -0.2) is 4.98 Å². The molecule has 0 fully saturated rings. The van der Waals surface area contributed by atoms with Crippen molar-refractivity contribution >= 4 is 33.7 Å². The number of benzene rings is 1. The fraction of sp³-hybridized carbons (Fsp3) is 0.0667. The molecule has 0 saturated carbocycles. The van der Waals surface area contributed by atoms with Gasteiger partial charge < -0.3 is 5.32 Å². The van der Waals surface area contributed by atoms with E-state index in [9.17, 15) is 4.79 Å². The van der Waals surface area contributed by atoms with Gasteiger partial charge in [0.15, 0.2) is 0 Å². The van der Waals surface area contributed by atoms with Crippen molar-refractivity contribution < 1.29 is 4.79 Å². The molecule has 2 rings (SSSR count). The molecule has 0 aliphatic heterocycles. The molecule has 1 aromatic carbocycles. The Morgan fingerprint density at radius 3 is 2.74 bits per heavy atom. The van der Waals surface area contributed by atoms with Crippen LogP contribution in [0.15, 0.2) is 53.1 Å². The number of carbonyl (C=O) groups excluding carboxylic acids is 1.